The summed E-state index contributed by atoms with van der Waals surface area (Å²) in [5.74, 6) is 4.91. The lowest BCUT2D eigenvalue weighted by molar-refractivity contribution is -0.133. The fourth-order valence-electron chi connectivity index (χ4n) is 0.963. The molecular weight excluding hydrogens is 194 g/mol. The predicted octanol–water partition coefficient (Wildman–Crippen LogP) is 0.802. The van der Waals surface area contributed by atoms with Gasteiger partial charge in [0.25, 0.3) is 0 Å². The second-order valence-corrected chi connectivity index (χ2v) is 2.70. The first-order valence-corrected chi connectivity index (χ1v) is 4.21. The Morgan fingerprint density at radius 1 is 1.40 bits per heavy atom. The molecule has 0 bridgehead atoms. The van der Waals surface area contributed by atoms with Crippen molar-refractivity contribution in [2.24, 2.45) is 0 Å². The Morgan fingerprint density at radius 2 is 2.13 bits per heavy atom. The summed E-state index contributed by atoms with van der Waals surface area (Å²) in [6.45, 7) is 0. The highest BCUT2D eigenvalue weighted by molar-refractivity contribution is 5.89. The smallest absolute Gasteiger partial charge is 0.384 e. The van der Waals surface area contributed by atoms with Gasteiger partial charge in [0.15, 0.2) is 0 Å². The van der Waals surface area contributed by atoms with Crippen LogP contribution in [0.3, 0.4) is 0 Å². The van der Waals surface area contributed by atoms with Crippen LogP contribution in [-0.2, 0) is 9.53 Å². The van der Waals surface area contributed by atoms with Gasteiger partial charge in [-0.25, -0.2) is 4.79 Å². The highest BCUT2D eigenvalue weighted by Gasteiger charge is 1.99. The normalized spacial score (nSPS) is 8.67. The first-order chi connectivity index (χ1) is 7.17. The van der Waals surface area contributed by atoms with Gasteiger partial charge in [-0.2, -0.15) is 0 Å². The lowest BCUT2D eigenvalue weighted by Gasteiger charge is -2.03. The van der Waals surface area contributed by atoms with E-state index in [1.54, 1.807) is 18.2 Å². The molecule has 1 aromatic carbocycles. The summed E-state index contributed by atoms with van der Waals surface area (Å²) in [4.78, 5) is 10.8. The molecule has 0 unspecified atom stereocenters. The number of hydrogen-bond donors (Lipinski definition) is 1. The molecule has 0 fully saturated rings. The van der Waals surface area contributed by atoms with Gasteiger partial charge in [-0.1, -0.05) is 5.92 Å². The molecule has 0 aliphatic carbocycles. The maximum atomic E-state index is 10.8. The van der Waals surface area contributed by atoms with Gasteiger partial charge in [-0.15, -0.1) is 0 Å². The number of nitrogen functional groups attached to an aromatic ring is 1. The van der Waals surface area contributed by atoms with E-state index in [0.717, 1.165) is 0 Å². The molecule has 0 saturated heterocycles. The number of esters is 1. The van der Waals surface area contributed by atoms with Gasteiger partial charge in [0.2, 0.25) is 0 Å². The SMILES string of the molecule is COC(=O)C#Cc1ccc(N)c(OC)c1. The number of rotatable bonds is 1. The minimum atomic E-state index is -0.578. The minimum absolute atomic E-state index is 0.529. The zero-order valence-electron chi connectivity index (χ0n) is 8.53. The van der Waals surface area contributed by atoms with Crippen LogP contribution in [0.4, 0.5) is 5.69 Å². The first-order valence-electron chi connectivity index (χ1n) is 4.21. The predicted molar refractivity (Wildman–Crippen MR) is 56.3 cm³/mol. The molecule has 1 rings (SSSR count). The summed E-state index contributed by atoms with van der Waals surface area (Å²) in [7, 11) is 2.80. The molecule has 0 amide bonds. The maximum absolute atomic E-state index is 10.8. The highest BCUT2D eigenvalue weighted by Crippen LogP contribution is 2.21. The number of ether oxygens (including phenoxy) is 2. The van der Waals surface area contributed by atoms with Crippen molar-refractivity contribution >= 4 is 11.7 Å². The Kier molecular flexibility index (Phi) is 3.58. The van der Waals surface area contributed by atoms with E-state index in [-0.39, 0.29) is 0 Å². The number of carbonyl (C=O) groups is 1. The van der Waals surface area contributed by atoms with Crippen molar-refractivity contribution < 1.29 is 14.3 Å². The van der Waals surface area contributed by atoms with E-state index in [9.17, 15) is 4.79 Å². The molecule has 15 heavy (non-hydrogen) atoms. The van der Waals surface area contributed by atoms with Crippen LogP contribution in [0.15, 0.2) is 18.2 Å². The monoisotopic (exact) mass is 205 g/mol. The zero-order valence-corrected chi connectivity index (χ0v) is 8.53. The highest BCUT2D eigenvalue weighted by atomic mass is 16.5. The van der Waals surface area contributed by atoms with Crippen LogP contribution in [0.25, 0.3) is 0 Å². The molecular formula is C11H11NO3. The average molecular weight is 205 g/mol. The molecule has 78 valence electrons. The number of anilines is 1. The number of hydrogen-bond acceptors (Lipinski definition) is 4. The lowest BCUT2D eigenvalue weighted by atomic mass is 10.2. The van der Waals surface area contributed by atoms with Gasteiger partial charge in [0.05, 0.1) is 19.9 Å². The molecule has 4 heteroatoms. The third-order valence-corrected chi connectivity index (χ3v) is 1.73. The number of carbonyl (C=O) groups excluding carboxylic acids is 1. The fraction of sp³-hybridized carbons (Fsp3) is 0.182. The molecule has 0 spiro atoms. The van der Waals surface area contributed by atoms with Crippen molar-refractivity contribution in [3.63, 3.8) is 0 Å². The van der Waals surface area contributed by atoms with Gasteiger partial charge in [0.1, 0.15) is 5.75 Å². The van der Waals surface area contributed by atoms with E-state index in [0.29, 0.717) is 17.0 Å². The Morgan fingerprint density at radius 3 is 2.73 bits per heavy atom. The summed E-state index contributed by atoms with van der Waals surface area (Å²) >= 11 is 0. The quantitative estimate of drug-likeness (QED) is 0.418. The topological polar surface area (TPSA) is 61.5 Å². The van der Waals surface area contributed by atoms with Crippen molar-refractivity contribution in [2.45, 2.75) is 0 Å². The fourth-order valence-corrected chi connectivity index (χ4v) is 0.963. The van der Waals surface area contributed by atoms with Crippen molar-refractivity contribution in [3.05, 3.63) is 23.8 Å². The third-order valence-electron chi connectivity index (χ3n) is 1.73. The molecule has 2 N–H and O–H groups in total. The summed E-state index contributed by atoms with van der Waals surface area (Å²) in [5.41, 5.74) is 6.79. The molecule has 0 radical (unpaired) electrons. The molecule has 0 aliphatic rings. The molecule has 0 heterocycles. The molecule has 1 aromatic rings. The van der Waals surface area contributed by atoms with Crippen LogP contribution >= 0.6 is 0 Å². The molecule has 0 saturated carbocycles. The van der Waals surface area contributed by atoms with Gasteiger partial charge >= 0.3 is 5.97 Å². The van der Waals surface area contributed by atoms with Crippen molar-refractivity contribution in [1.82, 2.24) is 0 Å². The van der Waals surface area contributed by atoms with Crippen LogP contribution in [-0.4, -0.2) is 20.2 Å². The van der Waals surface area contributed by atoms with Crippen LogP contribution in [0.5, 0.6) is 5.75 Å². The molecule has 0 atom stereocenters. The molecule has 0 aromatic heterocycles. The Labute approximate surface area is 88.0 Å². The Bertz CT molecular complexity index is 429. The summed E-state index contributed by atoms with van der Waals surface area (Å²) in [5, 5.41) is 0. The summed E-state index contributed by atoms with van der Waals surface area (Å²) in [6.07, 6.45) is 0. The number of methoxy groups -OCH3 is 2. The molecule has 4 nitrogen and oxygen atoms in total. The van der Waals surface area contributed by atoms with E-state index in [2.05, 4.69) is 16.6 Å². The number of benzene rings is 1. The minimum Gasteiger partial charge on any atom is -0.495 e. The van der Waals surface area contributed by atoms with E-state index in [1.165, 1.54) is 14.2 Å². The number of nitrogens with two attached hydrogens (primary N) is 1. The molecule has 0 aliphatic heterocycles. The van der Waals surface area contributed by atoms with Crippen molar-refractivity contribution in [3.8, 4) is 17.6 Å². The van der Waals surface area contributed by atoms with E-state index in [4.69, 9.17) is 10.5 Å². The second kappa shape index (κ2) is 4.91. The standard InChI is InChI=1S/C11H11NO3/c1-14-10-7-8(3-5-9(10)12)4-6-11(13)15-2/h3,5,7H,12H2,1-2H3. The first kappa shape index (κ1) is 10.9. The van der Waals surface area contributed by atoms with Gasteiger partial charge < -0.3 is 15.2 Å². The average Bonchev–Trinajstić information content (AvgIpc) is 2.27. The van der Waals surface area contributed by atoms with Crippen LogP contribution in [0, 0.1) is 11.8 Å². The van der Waals surface area contributed by atoms with Gasteiger partial charge in [-0.3, -0.25) is 0 Å². The van der Waals surface area contributed by atoms with Gasteiger partial charge in [-0.05, 0) is 18.2 Å². The lowest BCUT2D eigenvalue weighted by Crippen LogP contribution is -1.95. The van der Waals surface area contributed by atoms with E-state index < -0.39 is 5.97 Å². The zero-order chi connectivity index (χ0) is 11.3. The van der Waals surface area contributed by atoms with Crippen LogP contribution in [0.2, 0.25) is 0 Å². The Hall–Kier alpha value is -2.15. The van der Waals surface area contributed by atoms with Crippen LogP contribution < -0.4 is 10.5 Å². The largest absolute Gasteiger partial charge is 0.495 e. The van der Waals surface area contributed by atoms with E-state index in [1.807, 2.05) is 0 Å². The van der Waals surface area contributed by atoms with Gasteiger partial charge in [0, 0.05) is 11.5 Å². The third kappa shape index (κ3) is 2.92. The van der Waals surface area contributed by atoms with Crippen molar-refractivity contribution in [2.75, 3.05) is 20.0 Å². The second-order valence-electron chi connectivity index (χ2n) is 2.70. The summed E-state index contributed by atoms with van der Waals surface area (Å²) < 4.78 is 9.39. The van der Waals surface area contributed by atoms with Crippen LogP contribution in [0.1, 0.15) is 5.56 Å². The Balaban J connectivity index is 2.95. The summed E-state index contributed by atoms with van der Waals surface area (Å²) in [6, 6.07) is 5.03. The van der Waals surface area contributed by atoms with E-state index >= 15 is 0 Å². The van der Waals surface area contributed by atoms with Crippen molar-refractivity contribution in [1.29, 1.82) is 0 Å². The maximum Gasteiger partial charge on any atom is 0.384 e.